The Morgan fingerprint density at radius 2 is 1.62 bits per heavy atom. The van der Waals surface area contributed by atoms with E-state index in [1.807, 2.05) is 11.9 Å². The van der Waals surface area contributed by atoms with Crippen molar-refractivity contribution in [3.05, 3.63) is 0 Å². The first-order chi connectivity index (χ1) is 10.1. The van der Waals surface area contributed by atoms with E-state index in [-0.39, 0.29) is 0 Å². The summed E-state index contributed by atoms with van der Waals surface area (Å²) in [4.78, 5) is 19.2. The Morgan fingerprint density at radius 3 is 2.24 bits per heavy atom. The number of piperidine rings is 1. The molecule has 1 heterocycles. The first-order valence-corrected chi connectivity index (χ1v) is 8.72. The Morgan fingerprint density at radius 1 is 1.00 bits per heavy atom. The molecule has 0 unspecified atom stereocenters. The van der Waals surface area contributed by atoms with Crippen molar-refractivity contribution in [2.24, 2.45) is 0 Å². The minimum absolute atomic E-state index is 0.335. The Balaban J connectivity index is 1.70. The van der Waals surface area contributed by atoms with E-state index in [1.165, 1.54) is 58.0 Å². The van der Waals surface area contributed by atoms with Gasteiger partial charge >= 0.3 is 0 Å². The Hall–Kier alpha value is -0.610. The molecule has 0 bridgehead atoms. The van der Waals surface area contributed by atoms with E-state index in [9.17, 15) is 4.79 Å². The van der Waals surface area contributed by atoms with Crippen LogP contribution in [0.3, 0.4) is 0 Å². The summed E-state index contributed by atoms with van der Waals surface area (Å²) in [6.07, 6.45) is 9.47. The second kappa shape index (κ2) is 8.14. The number of carbonyl (C=O) groups excluding carboxylic acids is 1. The molecule has 1 saturated carbocycles. The molecule has 1 aliphatic carbocycles. The van der Waals surface area contributed by atoms with Crippen molar-refractivity contribution < 1.29 is 4.79 Å². The number of hydrogen-bond acceptors (Lipinski definition) is 3. The van der Waals surface area contributed by atoms with Crippen molar-refractivity contribution in [1.29, 1.82) is 0 Å². The van der Waals surface area contributed by atoms with E-state index < -0.39 is 0 Å². The monoisotopic (exact) mass is 295 g/mol. The fourth-order valence-electron chi connectivity index (χ4n) is 3.74. The largest absolute Gasteiger partial charge is 0.343 e. The molecule has 1 saturated heterocycles. The maximum atomic E-state index is 12.4. The standard InChI is InChI=1S/C17H33N3O/c1-18-12-9-15(10-13-18)19(2)14-11-17(21)20(3)16-7-5-4-6-8-16/h15-16H,4-14H2,1-3H3. The van der Waals surface area contributed by atoms with Crippen LogP contribution in [-0.2, 0) is 4.79 Å². The molecule has 1 amide bonds. The van der Waals surface area contributed by atoms with Gasteiger partial charge in [0.25, 0.3) is 0 Å². The molecule has 2 fully saturated rings. The molecule has 0 aromatic rings. The van der Waals surface area contributed by atoms with Gasteiger partial charge in [-0.3, -0.25) is 4.79 Å². The van der Waals surface area contributed by atoms with E-state index >= 15 is 0 Å². The van der Waals surface area contributed by atoms with Crippen molar-refractivity contribution in [3.63, 3.8) is 0 Å². The van der Waals surface area contributed by atoms with Crippen LogP contribution in [0.4, 0.5) is 0 Å². The molecule has 21 heavy (non-hydrogen) atoms. The molecular formula is C17H33N3O. The second-order valence-electron chi connectivity index (χ2n) is 7.06. The predicted molar refractivity (Wildman–Crippen MR) is 87.4 cm³/mol. The molecule has 4 nitrogen and oxygen atoms in total. The molecule has 0 atom stereocenters. The lowest BCUT2D eigenvalue weighted by Crippen LogP contribution is -2.44. The Kier molecular flexibility index (Phi) is 6.49. The zero-order valence-electron chi connectivity index (χ0n) is 14.2. The minimum atomic E-state index is 0.335. The van der Waals surface area contributed by atoms with Crippen LogP contribution in [0.25, 0.3) is 0 Å². The second-order valence-corrected chi connectivity index (χ2v) is 7.06. The van der Waals surface area contributed by atoms with Crippen molar-refractivity contribution in [2.45, 2.75) is 63.5 Å². The molecule has 0 N–H and O–H groups in total. The van der Waals surface area contributed by atoms with E-state index in [1.54, 1.807) is 0 Å². The molecule has 0 aromatic carbocycles. The van der Waals surface area contributed by atoms with Crippen molar-refractivity contribution >= 4 is 5.91 Å². The van der Waals surface area contributed by atoms with Crippen LogP contribution in [0.15, 0.2) is 0 Å². The summed E-state index contributed by atoms with van der Waals surface area (Å²) in [6, 6.07) is 1.16. The van der Waals surface area contributed by atoms with Gasteiger partial charge in [0.1, 0.15) is 0 Å². The van der Waals surface area contributed by atoms with Crippen LogP contribution in [0.2, 0.25) is 0 Å². The summed E-state index contributed by atoms with van der Waals surface area (Å²) in [5.74, 6) is 0.335. The Bertz CT molecular complexity index is 320. The molecular weight excluding hydrogens is 262 g/mol. The number of nitrogens with zero attached hydrogens (tertiary/aromatic N) is 3. The van der Waals surface area contributed by atoms with Gasteiger partial charge in [-0.05, 0) is 52.9 Å². The third kappa shape index (κ3) is 4.96. The molecule has 0 aromatic heterocycles. The van der Waals surface area contributed by atoms with Crippen LogP contribution in [0, 0.1) is 0 Å². The summed E-state index contributed by atoms with van der Waals surface area (Å²) in [5.41, 5.74) is 0. The normalized spacial score (nSPS) is 22.7. The highest BCUT2D eigenvalue weighted by Gasteiger charge is 2.24. The lowest BCUT2D eigenvalue weighted by molar-refractivity contribution is -0.133. The maximum Gasteiger partial charge on any atom is 0.223 e. The molecule has 2 aliphatic rings. The van der Waals surface area contributed by atoms with Crippen LogP contribution in [0.5, 0.6) is 0 Å². The summed E-state index contributed by atoms with van der Waals surface area (Å²) < 4.78 is 0. The number of rotatable bonds is 5. The number of likely N-dealkylation sites (tertiary alicyclic amines) is 1. The maximum absolute atomic E-state index is 12.4. The highest BCUT2D eigenvalue weighted by atomic mass is 16.2. The molecule has 122 valence electrons. The van der Waals surface area contributed by atoms with E-state index in [0.29, 0.717) is 24.4 Å². The average Bonchev–Trinajstić information content (AvgIpc) is 2.53. The third-order valence-electron chi connectivity index (χ3n) is 5.51. The first-order valence-electron chi connectivity index (χ1n) is 8.72. The van der Waals surface area contributed by atoms with Gasteiger partial charge in [0.05, 0.1) is 0 Å². The number of carbonyl (C=O) groups is 1. The fraction of sp³-hybridized carbons (Fsp3) is 0.941. The summed E-state index contributed by atoms with van der Waals surface area (Å²) in [5, 5.41) is 0. The van der Waals surface area contributed by atoms with E-state index in [4.69, 9.17) is 0 Å². The van der Waals surface area contributed by atoms with Gasteiger partial charge in [0.15, 0.2) is 0 Å². The highest BCUT2D eigenvalue weighted by molar-refractivity contribution is 5.76. The topological polar surface area (TPSA) is 26.8 Å². The van der Waals surface area contributed by atoms with Crippen molar-refractivity contribution in [1.82, 2.24) is 14.7 Å². The SMILES string of the molecule is CN1CCC(N(C)CCC(=O)N(C)C2CCCCC2)CC1. The molecule has 4 heteroatoms. The van der Waals surface area contributed by atoms with E-state index in [0.717, 1.165) is 6.54 Å². The van der Waals surface area contributed by atoms with Gasteiger partial charge in [-0.1, -0.05) is 19.3 Å². The lowest BCUT2D eigenvalue weighted by atomic mass is 9.94. The lowest BCUT2D eigenvalue weighted by Gasteiger charge is -2.36. The summed E-state index contributed by atoms with van der Waals surface area (Å²) in [7, 11) is 6.39. The van der Waals surface area contributed by atoms with Crippen LogP contribution < -0.4 is 0 Å². The molecule has 1 aliphatic heterocycles. The third-order valence-corrected chi connectivity index (χ3v) is 5.51. The first kappa shape index (κ1) is 16.8. The predicted octanol–water partition coefficient (Wildman–Crippen LogP) is 2.19. The quantitative estimate of drug-likeness (QED) is 0.778. The van der Waals surface area contributed by atoms with Crippen LogP contribution in [-0.4, -0.2) is 73.5 Å². The van der Waals surface area contributed by atoms with Crippen molar-refractivity contribution in [3.8, 4) is 0 Å². The number of amides is 1. The zero-order chi connectivity index (χ0) is 15.2. The van der Waals surface area contributed by atoms with Crippen molar-refractivity contribution in [2.75, 3.05) is 40.8 Å². The van der Waals surface area contributed by atoms with Gasteiger partial charge < -0.3 is 14.7 Å². The van der Waals surface area contributed by atoms with Gasteiger partial charge in [-0.2, -0.15) is 0 Å². The van der Waals surface area contributed by atoms with Gasteiger partial charge in [0, 0.05) is 32.1 Å². The van der Waals surface area contributed by atoms with Gasteiger partial charge in [-0.15, -0.1) is 0 Å². The minimum Gasteiger partial charge on any atom is -0.343 e. The summed E-state index contributed by atoms with van der Waals surface area (Å²) >= 11 is 0. The summed E-state index contributed by atoms with van der Waals surface area (Å²) in [6.45, 7) is 3.28. The van der Waals surface area contributed by atoms with Crippen LogP contribution in [0.1, 0.15) is 51.4 Å². The van der Waals surface area contributed by atoms with E-state index in [2.05, 4.69) is 23.9 Å². The van der Waals surface area contributed by atoms with Gasteiger partial charge in [-0.25, -0.2) is 0 Å². The number of hydrogen-bond donors (Lipinski definition) is 0. The molecule has 2 rings (SSSR count). The molecule has 0 spiro atoms. The zero-order valence-corrected chi connectivity index (χ0v) is 14.2. The van der Waals surface area contributed by atoms with Crippen LogP contribution >= 0.6 is 0 Å². The molecule has 0 radical (unpaired) electrons. The van der Waals surface area contributed by atoms with Gasteiger partial charge in [0.2, 0.25) is 5.91 Å². The smallest absolute Gasteiger partial charge is 0.223 e. The highest BCUT2D eigenvalue weighted by Crippen LogP contribution is 2.22. The Labute approximate surface area is 130 Å². The average molecular weight is 295 g/mol. The fourth-order valence-corrected chi connectivity index (χ4v) is 3.74.